The van der Waals surface area contributed by atoms with Crippen molar-refractivity contribution in [1.82, 2.24) is 5.32 Å². The highest BCUT2D eigenvalue weighted by Crippen LogP contribution is 2.27. The minimum absolute atomic E-state index is 0.0916. The van der Waals surface area contributed by atoms with Crippen molar-refractivity contribution in [1.29, 1.82) is 0 Å². The molecule has 2 aromatic carbocycles. The van der Waals surface area contributed by atoms with Gasteiger partial charge in [-0.05, 0) is 55.7 Å². The molecular weight excluding hydrogens is 333 g/mol. The van der Waals surface area contributed by atoms with Gasteiger partial charge in [0.2, 0.25) is 0 Å². The van der Waals surface area contributed by atoms with Crippen LogP contribution in [0.1, 0.15) is 29.7 Å². The van der Waals surface area contributed by atoms with Gasteiger partial charge in [-0.2, -0.15) is 0 Å². The maximum absolute atomic E-state index is 12.0. The van der Waals surface area contributed by atoms with E-state index in [1.165, 1.54) is 11.1 Å². The molecule has 0 saturated carbocycles. The second-order valence-electron chi connectivity index (χ2n) is 5.50. The largest absolute Gasteiger partial charge is 0.482 e. The van der Waals surface area contributed by atoms with Crippen molar-refractivity contribution in [3.8, 4) is 5.75 Å². The molecule has 0 radical (unpaired) electrons. The van der Waals surface area contributed by atoms with E-state index in [4.69, 9.17) is 27.9 Å². The third kappa shape index (κ3) is 4.88. The molecule has 5 heteroatoms. The van der Waals surface area contributed by atoms with Crippen LogP contribution in [0.25, 0.3) is 0 Å². The van der Waals surface area contributed by atoms with Crippen molar-refractivity contribution >= 4 is 29.1 Å². The SMILES string of the molecule is Cc1ccc([C@@H](C)NC(=O)COc2ccc(Cl)cc2Cl)cc1C. The summed E-state index contributed by atoms with van der Waals surface area (Å²) in [7, 11) is 0. The Morgan fingerprint density at radius 2 is 1.87 bits per heavy atom. The number of hydrogen-bond donors (Lipinski definition) is 1. The highest BCUT2D eigenvalue weighted by molar-refractivity contribution is 6.35. The fourth-order valence-electron chi connectivity index (χ4n) is 2.14. The fourth-order valence-corrected chi connectivity index (χ4v) is 2.60. The van der Waals surface area contributed by atoms with E-state index >= 15 is 0 Å². The average Bonchev–Trinajstić information content (AvgIpc) is 2.49. The molecule has 1 atom stereocenters. The van der Waals surface area contributed by atoms with Crippen molar-refractivity contribution in [2.24, 2.45) is 0 Å². The first kappa shape index (κ1) is 17.6. The topological polar surface area (TPSA) is 38.3 Å². The Kier molecular flexibility index (Phi) is 5.91. The zero-order valence-corrected chi connectivity index (χ0v) is 14.8. The van der Waals surface area contributed by atoms with Crippen molar-refractivity contribution in [3.63, 3.8) is 0 Å². The Hall–Kier alpha value is -1.71. The van der Waals surface area contributed by atoms with E-state index in [-0.39, 0.29) is 18.6 Å². The predicted octanol–water partition coefficient (Wildman–Crippen LogP) is 4.87. The molecule has 0 aliphatic rings. The van der Waals surface area contributed by atoms with Crippen LogP contribution in [-0.4, -0.2) is 12.5 Å². The summed E-state index contributed by atoms with van der Waals surface area (Å²) in [5, 5.41) is 3.82. The lowest BCUT2D eigenvalue weighted by molar-refractivity contribution is -0.123. The Morgan fingerprint density at radius 3 is 2.52 bits per heavy atom. The molecule has 0 aliphatic heterocycles. The zero-order valence-electron chi connectivity index (χ0n) is 13.3. The van der Waals surface area contributed by atoms with E-state index in [0.29, 0.717) is 15.8 Å². The normalized spacial score (nSPS) is 11.9. The van der Waals surface area contributed by atoms with Gasteiger partial charge < -0.3 is 10.1 Å². The van der Waals surface area contributed by atoms with Crippen molar-refractivity contribution in [3.05, 3.63) is 63.1 Å². The molecule has 0 bridgehead atoms. The molecule has 1 N–H and O–H groups in total. The average molecular weight is 352 g/mol. The van der Waals surface area contributed by atoms with Gasteiger partial charge in [-0.25, -0.2) is 0 Å². The van der Waals surface area contributed by atoms with Crippen LogP contribution >= 0.6 is 23.2 Å². The van der Waals surface area contributed by atoms with Gasteiger partial charge >= 0.3 is 0 Å². The Morgan fingerprint density at radius 1 is 1.13 bits per heavy atom. The summed E-state index contributed by atoms with van der Waals surface area (Å²) >= 11 is 11.8. The molecule has 23 heavy (non-hydrogen) atoms. The van der Waals surface area contributed by atoms with Gasteiger partial charge in [-0.1, -0.05) is 41.4 Å². The zero-order chi connectivity index (χ0) is 17.0. The highest BCUT2D eigenvalue weighted by atomic mass is 35.5. The third-order valence-electron chi connectivity index (χ3n) is 3.66. The van der Waals surface area contributed by atoms with Crippen LogP contribution in [0.4, 0.5) is 0 Å². The van der Waals surface area contributed by atoms with E-state index in [1.54, 1.807) is 18.2 Å². The number of amides is 1. The van der Waals surface area contributed by atoms with Crippen LogP contribution < -0.4 is 10.1 Å². The molecule has 1 amide bonds. The maximum Gasteiger partial charge on any atom is 0.258 e. The van der Waals surface area contributed by atoms with E-state index in [9.17, 15) is 4.79 Å². The van der Waals surface area contributed by atoms with Crippen LogP contribution in [-0.2, 0) is 4.79 Å². The number of rotatable bonds is 5. The second-order valence-corrected chi connectivity index (χ2v) is 6.34. The summed E-state index contributed by atoms with van der Waals surface area (Å²) in [5.74, 6) is 0.229. The van der Waals surface area contributed by atoms with Gasteiger partial charge in [-0.3, -0.25) is 4.79 Å². The Bertz CT molecular complexity index is 716. The molecule has 0 aliphatic carbocycles. The van der Waals surface area contributed by atoms with Crippen molar-refractivity contribution < 1.29 is 9.53 Å². The van der Waals surface area contributed by atoms with E-state index in [0.717, 1.165) is 5.56 Å². The standard InChI is InChI=1S/C18H19Cl2NO2/c1-11-4-5-14(8-12(11)2)13(3)21-18(22)10-23-17-7-6-15(19)9-16(17)20/h4-9,13H,10H2,1-3H3,(H,21,22)/t13-/m1/s1. The molecule has 0 heterocycles. The van der Waals surface area contributed by atoms with E-state index in [2.05, 4.69) is 31.3 Å². The van der Waals surface area contributed by atoms with Gasteiger partial charge in [0, 0.05) is 5.02 Å². The van der Waals surface area contributed by atoms with Gasteiger partial charge in [0.25, 0.3) is 5.91 Å². The quantitative estimate of drug-likeness (QED) is 0.834. The minimum atomic E-state index is -0.207. The molecule has 0 fully saturated rings. The number of aryl methyl sites for hydroxylation is 2. The number of carbonyl (C=O) groups is 1. The second kappa shape index (κ2) is 7.71. The molecule has 2 rings (SSSR count). The smallest absolute Gasteiger partial charge is 0.258 e. The van der Waals surface area contributed by atoms with Crippen molar-refractivity contribution in [2.45, 2.75) is 26.8 Å². The summed E-state index contributed by atoms with van der Waals surface area (Å²) < 4.78 is 5.43. The summed E-state index contributed by atoms with van der Waals surface area (Å²) in [6.45, 7) is 5.96. The lowest BCUT2D eigenvalue weighted by atomic mass is 10.0. The summed E-state index contributed by atoms with van der Waals surface area (Å²) in [5.41, 5.74) is 3.49. The Labute approximate surface area is 146 Å². The monoisotopic (exact) mass is 351 g/mol. The lowest BCUT2D eigenvalue weighted by Gasteiger charge is -2.16. The predicted molar refractivity (Wildman–Crippen MR) is 94.4 cm³/mol. The molecule has 0 spiro atoms. The summed E-state index contributed by atoms with van der Waals surface area (Å²) in [6.07, 6.45) is 0. The number of ether oxygens (including phenoxy) is 1. The van der Waals surface area contributed by atoms with E-state index in [1.807, 2.05) is 13.0 Å². The van der Waals surface area contributed by atoms with Gasteiger partial charge in [0.05, 0.1) is 11.1 Å². The molecule has 0 aromatic heterocycles. The third-order valence-corrected chi connectivity index (χ3v) is 4.19. The van der Waals surface area contributed by atoms with Crippen LogP contribution in [0.2, 0.25) is 10.0 Å². The summed E-state index contributed by atoms with van der Waals surface area (Å²) in [6, 6.07) is 10.9. The minimum Gasteiger partial charge on any atom is -0.482 e. The van der Waals surface area contributed by atoms with Crippen molar-refractivity contribution in [2.75, 3.05) is 6.61 Å². The molecule has 3 nitrogen and oxygen atoms in total. The lowest BCUT2D eigenvalue weighted by Crippen LogP contribution is -2.31. The Balaban J connectivity index is 1.92. The first-order valence-corrected chi connectivity index (χ1v) is 8.07. The van der Waals surface area contributed by atoms with Crippen LogP contribution in [0.5, 0.6) is 5.75 Å². The van der Waals surface area contributed by atoms with Gasteiger partial charge in [0.15, 0.2) is 6.61 Å². The van der Waals surface area contributed by atoms with Crippen LogP contribution in [0.15, 0.2) is 36.4 Å². The van der Waals surface area contributed by atoms with Crippen LogP contribution in [0.3, 0.4) is 0 Å². The summed E-state index contributed by atoms with van der Waals surface area (Å²) in [4.78, 5) is 12.0. The first-order chi connectivity index (χ1) is 10.9. The molecular formula is C18H19Cl2NO2. The van der Waals surface area contributed by atoms with Gasteiger partial charge in [0.1, 0.15) is 5.75 Å². The molecule has 122 valence electrons. The number of halogens is 2. The molecule has 0 saturated heterocycles. The van der Waals surface area contributed by atoms with E-state index < -0.39 is 0 Å². The number of nitrogens with one attached hydrogen (secondary N) is 1. The molecule has 0 unspecified atom stereocenters. The molecule has 2 aromatic rings. The maximum atomic E-state index is 12.0. The number of benzene rings is 2. The first-order valence-electron chi connectivity index (χ1n) is 7.31. The number of hydrogen-bond acceptors (Lipinski definition) is 2. The van der Waals surface area contributed by atoms with Crippen LogP contribution in [0, 0.1) is 13.8 Å². The number of carbonyl (C=O) groups excluding carboxylic acids is 1. The van der Waals surface area contributed by atoms with Gasteiger partial charge in [-0.15, -0.1) is 0 Å². The fraction of sp³-hybridized carbons (Fsp3) is 0.278. The highest BCUT2D eigenvalue weighted by Gasteiger charge is 2.12.